The van der Waals surface area contributed by atoms with Gasteiger partial charge in [0.15, 0.2) is 0 Å². The van der Waals surface area contributed by atoms with Crippen LogP contribution < -0.4 is 0 Å². The van der Waals surface area contributed by atoms with Gasteiger partial charge in [0.2, 0.25) is 5.78 Å². The van der Waals surface area contributed by atoms with Gasteiger partial charge in [-0.2, -0.15) is 0 Å². The van der Waals surface area contributed by atoms with Crippen molar-refractivity contribution in [1.29, 1.82) is 0 Å². The molecule has 84 valence electrons. The van der Waals surface area contributed by atoms with E-state index < -0.39 is 5.60 Å². The molecule has 2 aromatic rings. The van der Waals surface area contributed by atoms with Crippen molar-refractivity contribution < 1.29 is 5.11 Å². The van der Waals surface area contributed by atoms with Crippen molar-refractivity contribution in [3.8, 4) is 0 Å². The third-order valence-corrected chi connectivity index (χ3v) is 2.80. The van der Waals surface area contributed by atoms with E-state index in [1.165, 1.54) is 0 Å². The van der Waals surface area contributed by atoms with Gasteiger partial charge >= 0.3 is 0 Å². The highest BCUT2D eigenvalue weighted by Crippen LogP contribution is 2.21. The summed E-state index contributed by atoms with van der Waals surface area (Å²) in [5, 5.41) is 9.62. The number of nitrogens with zero attached hydrogens (tertiary/aromatic N) is 4. The number of imidazole rings is 1. The fraction of sp³-hybridized carbons (Fsp3) is 0.455. The van der Waals surface area contributed by atoms with Gasteiger partial charge in [0.05, 0.1) is 11.3 Å². The standard InChI is InChI=1S/C11H14N4O/c1-11(16)7-14(8-11)5-9-6-15-4-2-3-12-10(15)13-9/h2-4,6,16H,5,7-8H2,1H3. The zero-order valence-electron chi connectivity index (χ0n) is 9.17. The summed E-state index contributed by atoms with van der Waals surface area (Å²) < 4.78 is 1.91. The van der Waals surface area contributed by atoms with Gasteiger partial charge in [-0.25, -0.2) is 9.97 Å². The predicted molar refractivity (Wildman–Crippen MR) is 58.9 cm³/mol. The molecule has 3 heterocycles. The van der Waals surface area contributed by atoms with Crippen LogP contribution in [-0.2, 0) is 6.54 Å². The zero-order chi connectivity index (χ0) is 11.2. The average molecular weight is 218 g/mol. The topological polar surface area (TPSA) is 53.7 Å². The second kappa shape index (κ2) is 3.26. The van der Waals surface area contributed by atoms with E-state index in [9.17, 15) is 5.11 Å². The lowest BCUT2D eigenvalue weighted by Crippen LogP contribution is -2.59. The van der Waals surface area contributed by atoms with E-state index >= 15 is 0 Å². The molecule has 0 bridgehead atoms. The summed E-state index contributed by atoms with van der Waals surface area (Å²) >= 11 is 0. The largest absolute Gasteiger partial charge is 0.388 e. The Hall–Kier alpha value is -1.46. The monoisotopic (exact) mass is 218 g/mol. The number of hydrogen-bond acceptors (Lipinski definition) is 4. The quantitative estimate of drug-likeness (QED) is 0.787. The van der Waals surface area contributed by atoms with Gasteiger partial charge < -0.3 is 5.11 Å². The van der Waals surface area contributed by atoms with Gasteiger partial charge in [0, 0.05) is 38.2 Å². The molecule has 1 N–H and O–H groups in total. The minimum Gasteiger partial charge on any atom is -0.388 e. The molecule has 0 aliphatic carbocycles. The highest BCUT2D eigenvalue weighted by atomic mass is 16.3. The Bertz CT molecular complexity index is 478. The molecular weight excluding hydrogens is 204 g/mol. The maximum Gasteiger partial charge on any atom is 0.233 e. The van der Waals surface area contributed by atoms with Gasteiger partial charge in [-0.05, 0) is 13.0 Å². The van der Waals surface area contributed by atoms with Crippen molar-refractivity contribution in [2.45, 2.75) is 19.1 Å². The number of aromatic nitrogens is 3. The van der Waals surface area contributed by atoms with Crippen molar-refractivity contribution in [3.63, 3.8) is 0 Å². The smallest absolute Gasteiger partial charge is 0.233 e. The number of fused-ring (bicyclic) bond motifs is 1. The minimum atomic E-state index is -0.516. The molecular formula is C11H14N4O. The van der Waals surface area contributed by atoms with Crippen LogP contribution in [0.1, 0.15) is 12.6 Å². The highest BCUT2D eigenvalue weighted by molar-refractivity contribution is 5.29. The molecule has 0 aromatic carbocycles. The number of likely N-dealkylation sites (tertiary alicyclic amines) is 1. The molecule has 1 aliphatic rings. The first kappa shape index (κ1) is 9.74. The molecule has 1 aliphatic heterocycles. The van der Waals surface area contributed by atoms with Crippen molar-refractivity contribution in [2.75, 3.05) is 13.1 Å². The molecule has 0 spiro atoms. The third-order valence-electron chi connectivity index (χ3n) is 2.80. The molecule has 0 atom stereocenters. The predicted octanol–water partition coefficient (Wildman–Crippen LogP) is 0.296. The second-order valence-corrected chi connectivity index (χ2v) is 4.70. The van der Waals surface area contributed by atoms with Gasteiger partial charge in [-0.3, -0.25) is 9.30 Å². The van der Waals surface area contributed by atoms with Crippen LogP contribution in [0.15, 0.2) is 24.7 Å². The maximum atomic E-state index is 9.62. The van der Waals surface area contributed by atoms with Crippen molar-refractivity contribution in [3.05, 3.63) is 30.4 Å². The summed E-state index contributed by atoms with van der Waals surface area (Å²) in [7, 11) is 0. The first-order valence-electron chi connectivity index (χ1n) is 5.36. The Morgan fingerprint density at radius 2 is 2.31 bits per heavy atom. The maximum absolute atomic E-state index is 9.62. The first-order valence-corrected chi connectivity index (χ1v) is 5.36. The molecule has 3 rings (SSSR count). The summed E-state index contributed by atoms with van der Waals surface area (Å²) in [6.45, 7) is 4.07. The molecule has 1 fully saturated rings. The lowest BCUT2D eigenvalue weighted by molar-refractivity contribution is -0.0875. The van der Waals surface area contributed by atoms with Crippen LogP contribution in [0, 0.1) is 0 Å². The molecule has 0 saturated carbocycles. The summed E-state index contributed by atoms with van der Waals surface area (Å²) in [6.07, 6.45) is 5.65. The van der Waals surface area contributed by atoms with Crippen LogP contribution in [0.4, 0.5) is 0 Å². The van der Waals surface area contributed by atoms with E-state index in [1.54, 1.807) is 6.20 Å². The van der Waals surface area contributed by atoms with Crippen molar-refractivity contribution in [2.24, 2.45) is 0 Å². The van der Waals surface area contributed by atoms with E-state index in [4.69, 9.17) is 0 Å². The number of aliphatic hydroxyl groups is 1. The Balaban J connectivity index is 1.76. The Labute approximate surface area is 93.4 Å². The zero-order valence-corrected chi connectivity index (χ0v) is 9.17. The van der Waals surface area contributed by atoms with E-state index in [1.807, 2.05) is 29.8 Å². The van der Waals surface area contributed by atoms with Crippen LogP contribution in [0.3, 0.4) is 0 Å². The molecule has 2 aromatic heterocycles. The Morgan fingerprint density at radius 3 is 3.00 bits per heavy atom. The van der Waals surface area contributed by atoms with Gasteiger partial charge in [-0.1, -0.05) is 0 Å². The fourth-order valence-corrected chi connectivity index (χ4v) is 2.21. The van der Waals surface area contributed by atoms with E-state index in [0.29, 0.717) is 13.1 Å². The lowest BCUT2D eigenvalue weighted by Gasteiger charge is -2.43. The van der Waals surface area contributed by atoms with E-state index in [2.05, 4.69) is 14.9 Å². The Kier molecular flexibility index (Phi) is 1.99. The fourth-order valence-electron chi connectivity index (χ4n) is 2.21. The van der Waals surface area contributed by atoms with Crippen LogP contribution in [0.2, 0.25) is 0 Å². The molecule has 0 unspecified atom stereocenters. The van der Waals surface area contributed by atoms with Crippen LogP contribution in [0.25, 0.3) is 5.78 Å². The molecule has 16 heavy (non-hydrogen) atoms. The van der Waals surface area contributed by atoms with Crippen molar-refractivity contribution in [1.82, 2.24) is 19.3 Å². The number of β-amino-alcohol motifs (C(OH)–C–C–N with tert-alkyl or cyclic N) is 1. The van der Waals surface area contributed by atoms with Gasteiger partial charge in [0.1, 0.15) is 0 Å². The third kappa shape index (κ3) is 1.68. The van der Waals surface area contributed by atoms with Crippen LogP contribution >= 0.6 is 0 Å². The van der Waals surface area contributed by atoms with Crippen LogP contribution in [0.5, 0.6) is 0 Å². The number of hydrogen-bond donors (Lipinski definition) is 1. The van der Waals surface area contributed by atoms with E-state index in [-0.39, 0.29) is 0 Å². The summed E-state index contributed by atoms with van der Waals surface area (Å²) in [5.41, 5.74) is 0.478. The van der Waals surface area contributed by atoms with Gasteiger partial charge in [0.25, 0.3) is 0 Å². The summed E-state index contributed by atoms with van der Waals surface area (Å²) in [5.74, 6) is 0.727. The van der Waals surface area contributed by atoms with Gasteiger partial charge in [-0.15, -0.1) is 0 Å². The van der Waals surface area contributed by atoms with E-state index in [0.717, 1.165) is 18.0 Å². The average Bonchev–Trinajstić information content (AvgIpc) is 2.56. The normalized spacial score (nSPS) is 19.9. The summed E-state index contributed by atoms with van der Waals surface area (Å²) in [6, 6.07) is 1.88. The van der Waals surface area contributed by atoms with Crippen LogP contribution in [-0.4, -0.2) is 43.1 Å². The molecule has 1 saturated heterocycles. The second-order valence-electron chi connectivity index (χ2n) is 4.70. The van der Waals surface area contributed by atoms with Crippen molar-refractivity contribution >= 4 is 5.78 Å². The first-order chi connectivity index (χ1) is 7.62. The summed E-state index contributed by atoms with van der Waals surface area (Å²) in [4.78, 5) is 10.7. The minimum absolute atomic E-state index is 0.516. The molecule has 0 amide bonds. The Morgan fingerprint density at radius 1 is 1.50 bits per heavy atom. The molecule has 5 nitrogen and oxygen atoms in total. The highest BCUT2D eigenvalue weighted by Gasteiger charge is 2.36. The molecule has 5 heteroatoms. The lowest BCUT2D eigenvalue weighted by atomic mass is 9.97. The molecule has 0 radical (unpaired) electrons. The number of rotatable bonds is 2. The SMILES string of the molecule is CC1(O)CN(Cc2cn3cccnc3n2)C1.